The fourth-order valence-corrected chi connectivity index (χ4v) is 2.03. The molecule has 0 radical (unpaired) electrons. The Labute approximate surface area is 124 Å². The molecule has 2 aromatic carbocycles. The van der Waals surface area contributed by atoms with Gasteiger partial charge in [-0.25, -0.2) is 0 Å². The van der Waals surface area contributed by atoms with Crippen molar-refractivity contribution in [3.8, 4) is 0 Å². The number of hydrogen-bond acceptors (Lipinski definition) is 2. The van der Waals surface area contributed by atoms with Crippen LogP contribution in [0.5, 0.6) is 0 Å². The third-order valence-electron chi connectivity index (χ3n) is 2.96. The summed E-state index contributed by atoms with van der Waals surface area (Å²) < 4.78 is 0. The summed E-state index contributed by atoms with van der Waals surface area (Å²) in [4.78, 5) is 14.2. The Balaban J connectivity index is 2.16. The first kappa shape index (κ1) is 14.4. The summed E-state index contributed by atoms with van der Waals surface area (Å²) in [5.74, 6) is 0.268. The molecule has 0 bridgehead atoms. The highest BCUT2D eigenvalue weighted by Crippen LogP contribution is 2.18. The minimum atomic E-state index is -0.132. The molecule has 0 spiro atoms. The highest BCUT2D eigenvalue weighted by atomic mass is 35.5. The number of halogens is 1. The van der Waals surface area contributed by atoms with Crippen LogP contribution < -0.4 is 10.2 Å². The van der Waals surface area contributed by atoms with Gasteiger partial charge in [-0.15, -0.1) is 11.6 Å². The number of rotatable bonds is 4. The van der Waals surface area contributed by atoms with E-state index in [-0.39, 0.29) is 5.91 Å². The number of nitrogens with one attached hydrogen (secondary N) is 1. The Bertz CT molecular complexity index is 611. The quantitative estimate of drug-likeness (QED) is 0.869. The second-order valence-corrected chi connectivity index (χ2v) is 5.00. The van der Waals surface area contributed by atoms with Crippen molar-refractivity contribution in [3.05, 3.63) is 59.7 Å². The zero-order chi connectivity index (χ0) is 14.5. The van der Waals surface area contributed by atoms with E-state index in [0.29, 0.717) is 11.4 Å². The van der Waals surface area contributed by atoms with Gasteiger partial charge in [0.2, 0.25) is 0 Å². The number of nitrogens with zero attached hydrogens (tertiary/aromatic N) is 1. The Kier molecular flexibility index (Phi) is 4.64. The molecule has 0 unspecified atom stereocenters. The molecule has 0 aromatic heterocycles. The van der Waals surface area contributed by atoms with Crippen LogP contribution in [0.25, 0.3) is 0 Å². The maximum Gasteiger partial charge on any atom is 0.255 e. The van der Waals surface area contributed by atoms with Gasteiger partial charge < -0.3 is 10.2 Å². The van der Waals surface area contributed by atoms with Crippen molar-refractivity contribution in [2.24, 2.45) is 0 Å². The number of amides is 1. The Hall–Kier alpha value is -2.00. The molecule has 0 aliphatic heterocycles. The molecule has 0 fully saturated rings. The summed E-state index contributed by atoms with van der Waals surface area (Å²) in [7, 11) is 3.93. The minimum Gasteiger partial charge on any atom is -0.378 e. The van der Waals surface area contributed by atoms with Crippen LogP contribution in [0.4, 0.5) is 11.4 Å². The summed E-state index contributed by atoms with van der Waals surface area (Å²) in [6.07, 6.45) is 0. The lowest BCUT2D eigenvalue weighted by atomic mass is 10.1. The molecule has 0 atom stereocenters. The number of hydrogen-bond donors (Lipinski definition) is 1. The van der Waals surface area contributed by atoms with Gasteiger partial charge in [0, 0.05) is 36.9 Å². The molecule has 0 saturated heterocycles. The lowest BCUT2D eigenvalue weighted by molar-refractivity contribution is 0.102. The van der Waals surface area contributed by atoms with Crippen LogP contribution in [0.15, 0.2) is 48.5 Å². The minimum absolute atomic E-state index is 0.132. The summed E-state index contributed by atoms with van der Waals surface area (Å²) in [6, 6.07) is 15.0. The molecule has 2 rings (SSSR count). The number of carbonyl (C=O) groups excluding carboxylic acids is 1. The average Bonchev–Trinajstić information content (AvgIpc) is 2.47. The Morgan fingerprint density at radius 1 is 1.15 bits per heavy atom. The first-order chi connectivity index (χ1) is 9.60. The molecular weight excluding hydrogens is 272 g/mol. The van der Waals surface area contributed by atoms with E-state index in [2.05, 4.69) is 5.32 Å². The topological polar surface area (TPSA) is 32.3 Å². The normalized spacial score (nSPS) is 10.2. The van der Waals surface area contributed by atoms with E-state index < -0.39 is 0 Å². The molecule has 0 aliphatic carbocycles. The molecule has 1 amide bonds. The van der Waals surface area contributed by atoms with Crippen molar-refractivity contribution in [1.29, 1.82) is 0 Å². The summed E-state index contributed by atoms with van der Waals surface area (Å²) in [5.41, 5.74) is 3.36. The van der Waals surface area contributed by atoms with E-state index in [1.54, 1.807) is 12.1 Å². The Morgan fingerprint density at radius 3 is 2.60 bits per heavy atom. The van der Waals surface area contributed by atoms with Crippen molar-refractivity contribution in [3.63, 3.8) is 0 Å². The molecule has 4 heteroatoms. The van der Waals surface area contributed by atoms with Gasteiger partial charge in [0.25, 0.3) is 5.91 Å². The molecule has 104 valence electrons. The van der Waals surface area contributed by atoms with Crippen LogP contribution in [0.1, 0.15) is 15.9 Å². The van der Waals surface area contributed by atoms with Crippen molar-refractivity contribution in [1.82, 2.24) is 0 Å². The van der Waals surface area contributed by atoms with Crippen LogP contribution in [0, 0.1) is 0 Å². The van der Waals surface area contributed by atoms with Gasteiger partial charge in [-0.05, 0) is 35.9 Å². The van der Waals surface area contributed by atoms with Crippen LogP contribution in [-0.2, 0) is 5.88 Å². The molecular formula is C16H17ClN2O. The third-order valence-corrected chi connectivity index (χ3v) is 3.27. The van der Waals surface area contributed by atoms with Gasteiger partial charge in [-0.1, -0.05) is 18.2 Å². The van der Waals surface area contributed by atoms with E-state index in [9.17, 15) is 4.79 Å². The smallest absolute Gasteiger partial charge is 0.255 e. The van der Waals surface area contributed by atoms with Gasteiger partial charge in [0.15, 0.2) is 0 Å². The van der Waals surface area contributed by atoms with Crippen molar-refractivity contribution in [2.75, 3.05) is 24.3 Å². The summed E-state index contributed by atoms with van der Waals surface area (Å²) in [5, 5.41) is 2.90. The lowest BCUT2D eigenvalue weighted by Gasteiger charge is -2.14. The fraction of sp³-hybridized carbons (Fsp3) is 0.188. The van der Waals surface area contributed by atoms with E-state index in [1.165, 1.54) is 0 Å². The molecule has 0 heterocycles. The number of benzene rings is 2. The first-order valence-corrected chi connectivity index (χ1v) is 6.87. The highest BCUT2D eigenvalue weighted by Gasteiger charge is 2.07. The third kappa shape index (κ3) is 3.52. The standard InChI is InChI=1S/C16H17ClN2O/c1-19(2)15-8-4-7-14(10-15)18-16(20)13-6-3-5-12(9-13)11-17/h3-10H,11H2,1-2H3,(H,18,20). The van der Waals surface area contributed by atoms with Crippen LogP contribution in [0.2, 0.25) is 0 Å². The molecule has 3 nitrogen and oxygen atoms in total. The lowest BCUT2D eigenvalue weighted by Crippen LogP contribution is -2.13. The van der Waals surface area contributed by atoms with Gasteiger partial charge in [-0.3, -0.25) is 4.79 Å². The van der Waals surface area contributed by atoms with Crippen LogP contribution >= 0.6 is 11.6 Å². The largest absolute Gasteiger partial charge is 0.378 e. The van der Waals surface area contributed by atoms with Gasteiger partial charge in [0.05, 0.1) is 0 Å². The summed E-state index contributed by atoms with van der Waals surface area (Å²) in [6.45, 7) is 0. The molecule has 1 N–H and O–H groups in total. The fourth-order valence-electron chi connectivity index (χ4n) is 1.86. The second kappa shape index (κ2) is 6.44. The molecule has 0 aliphatic rings. The number of alkyl halides is 1. The first-order valence-electron chi connectivity index (χ1n) is 6.34. The van der Waals surface area contributed by atoms with E-state index >= 15 is 0 Å². The predicted octanol–water partition coefficient (Wildman–Crippen LogP) is 3.74. The average molecular weight is 289 g/mol. The SMILES string of the molecule is CN(C)c1cccc(NC(=O)c2cccc(CCl)c2)c1. The van der Waals surface area contributed by atoms with E-state index in [1.807, 2.05) is 55.4 Å². The molecule has 2 aromatic rings. The predicted molar refractivity (Wildman–Crippen MR) is 84.7 cm³/mol. The zero-order valence-corrected chi connectivity index (χ0v) is 12.3. The summed E-state index contributed by atoms with van der Waals surface area (Å²) >= 11 is 5.78. The number of carbonyl (C=O) groups is 1. The van der Waals surface area contributed by atoms with Crippen LogP contribution in [0.3, 0.4) is 0 Å². The number of anilines is 2. The monoisotopic (exact) mass is 288 g/mol. The maximum atomic E-state index is 12.2. The van der Waals surface area contributed by atoms with Crippen molar-refractivity contribution < 1.29 is 4.79 Å². The zero-order valence-electron chi connectivity index (χ0n) is 11.6. The van der Waals surface area contributed by atoms with Gasteiger partial charge in [0.1, 0.15) is 0 Å². The van der Waals surface area contributed by atoms with Crippen LogP contribution in [-0.4, -0.2) is 20.0 Å². The molecule has 0 saturated carbocycles. The highest BCUT2D eigenvalue weighted by molar-refractivity contribution is 6.17. The van der Waals surface area contributed by atoms with E-state index in [0.717, 1.165) is 16.9 Å². The van der Waals surface area contributed by atoms with E-state index in [4.69, 9.17) is 11.6 Å². The second-order valence-electron chi connectivity index (χ2n) is 4.73. The van der Waals surface area contributed by atoms with Gasteiger partial charge >= 0.3 is 0 Å². The van der Waals surface area contributed by atoms with Crippen molar-refractivity contribution >= 4 is 28.9 Å². The molecule has 20 heavy (non-hydrogen) atoms. The van der Waals surface area contributed by atoms with Crippen molar-refractivity contribution in [2.45, 2.75) is 5.88 Å². The van der Waals surface area contributed by atoms with Gasteiger partial charge in [-0.2, -0.15) is 0 Å². The Morgan fingerprint density at radius 2 is 1.90 bits per heavy atom. The maximum absolute atomic E-state index is 12.2.